The molecule has 1 heterocycles. The minimum Gasteiger partial charge on any atom is -0.322 e. The van der Waals surface area contributed by atoms with E-state index >= 15 is 0 Å². The largest absolute Gasteiger partial charge is 0.322 e. The highest BCUT2D eigenvalue weighted by atomic mass is 79.9. The second kappa shape index (κ2) is 6.97. The summed E-state index contributed by atoms with van der Waals surface area (Å²) in [6.07, 6.45) is 6.54. The molecule has 3 rings (SSSR count). The Hall–Kier alpha value is -1.13. The lowest BCUT2D eigenvalue weighted by Gasteiger charge is -2.19. The van der Waals surface area contributed by atoms with Gasteiger partial charge in [-0.05, 0) is 55.5 Å². The number of rotatable bonds is 3. The summed E-state index contributed by atoms with van der Waals surface area (Å²) in [5.74, 6) is 0.643. The zero-order valence-electron chi connectivity index (χ0n) is 12.7. The van der Waals surface area contributed by atoms with Crippen molar-refractivity contribution in [3.8, 4) is 0 Å². The summed E-state index contributed by atoms with van der Waals surface area (Å²) in [5, 5.41) is 4.98. The van der Waals surface area contributed by atoms with Gasteiger partial charge in [0, 0.05) is 20.4 Å². The number of hydrogen-bond acceptors (Lipinski definition) is 2. The fourth-order valence-electron chi connectivity index (χ4n) is 3.08. The number of carbonyl (C=O) groups is 1. The molecule has 0 radical (unpaired) electrons. The SMILES string of the molecule is Cc1cc(Br)cc(NC(=O)c2csc(C3CCCCC3)c2)c1. The van der Waals surface area contributed by atoms with Crippen LogP contribution in [0.15, 0.2) is 34.1 Å². The number of aryl methyl sites for hydroxylation is 1. The van der Waals surface area contributed by atoms with Crippen LogP contribution < -0.4 is 5.32 Å². The fraction of sp³-hybridized carbons (Fsp3) is 0.389. The number of carbonyl (C=O) groups excluding carboxylic acids is 1. The predicted octanol–water partition coefficient (Wildman–Crippen LogP) is 6.12. The van der Waals surface area contributed by atoms with Crippen molar-refractivity contribution in [3.05, 3.63) is 50.1 Å². The number of benzene rings is 1. The van der Waals surface area contributed by atoms with Crippen LogP contribution in [0.3, 0.4) is 0 Å². The summed E-state index contributed by atoms with van der Waals surface area (Å²) in [7, 11) is 0. The van der Waals surface area contributed by atoms with Crippen LogP contribution in [0.2, 0.25) is 0 Å². The van der Waals surface area contributed by atoms with Gasteiger partial charge in [-0.25, -0.2) is 0 Å². The molecule has 116 valence electrons. The van der Waals surface area contributed by atoms with E-state index in [9.17, 15) is 4.79 Å². The third-order valence-electron chi connectivity index (χ3n) is 4.19. The quantitative estimate of drug-likeness (QED) is 0.685. The second-order valence-electron chi connectivity index (χ2n) is 6.04. The summed E-state index contributed by atoms with van der Waals surface area (Å²) < 4.78 is 0.982. The van der Waals surface area contributed by atoms with Crippen molar-refractivity contribution < 1.29 is 4.79 Å². The molecule has 0 spiro atoms. The molecule has 4 heteroatoms. The molecule has 1 N–H and O–H groups in total. The zero-order valence-corrected chi connectivity index (χ0v) is 15.1. The Morgan fingerprint density at radius 3 is 2.68 bits per heavy atom. The Bertz CT molecular complexity index is 653. The second-order valence-corrected chi connectivity index (χ2v) is 7.90. The molecule has 0 aliphatic heterocycles. The molecule has 0 bridgehead atoms. The van der Waals surface area contributed by atoms with Crippen LogP contribution >= 0.6 is 27.3 Å². The van der Waals surface area contributed by atoms with Crippen molar-refractivity contribution in [2.75, 3.05) is 5.32 Å². The van der Waals surface area contributed by atoms with Crippen molar-refractivity contribution in [1.82, 2.24) is 0 Å². The first kappa shape index (κ1) is 15.8. The summed E-state index contributed by atoms with van der Waals surface area (Å²) >= 11 is 5.20. The van der Waals surface area contributed by atoms with Gasteiger partial charge in [-0.3, -0.25) is 4.79 Å². The van der Waals surface area contributed by atoms with Crippen LogP contribution in [0.4, 0.5) is 5.69 Å². The first-order chi connectivity index (χ1) is 10.6. The molecule has 1 aromatic carbocycles. The smallest absolute Gasteiger partial charge is 0.256 e. The maximum atomic E-state index is 12.4. The minimum absolute atomic E-state index is 0.0178. The number of halogens is 1. The molecule has 1 fully saturated rings. The van der Waals surface area contributed by atoms with Crippen molar-refractivity contribution >= 4 is 38.9 Å². The van der Waals surface area contributed by atoms with Gasteiger partial charge < -0.3 is 5.32 Å². The van der Waals surface area contributed by atoms with Gasteiger partial charge in [0.05, 0.1) is 5.56 Å². The lowest BCUT2D eigenvalue weighted by molar-refractivity contribution is 0.102. The van der Waals surface area contributed by atoms with Crippen LogP contribution in [-0.2, 0) is 0 Å². The monoisotopic (exact) mass is 377 g/mol. The number of amides is 1. The van der Waals surface area contributed by atoms with Gasteiger partial charge in [-0.15, -0.1) is 11.3 Å². The highest BCUT2D eigenvalue weighted by molar-refractivity contribution is 9.10. The summed E-state index contributed by atoms with van der Waals surface area (Å²) in [4.78, 5) is 13.8. The Morgan fingerprint density at radius 2 is 1.95 bits per heavy atom. The van der Waals surface area contributed by atoms with E-state index in [0.717, 1.165) is 21.3 Å². The maximum absolute atomic E-state index is 12.4. The average molecular weight is 378 g/mol. The number of nitrogens with one attached hydrogen (secondary N) is 1. The zero-order chi connectivity index (χ0) is 15.5. The van der Waals surface area contributed by atoms with Gasteiger partial charge in [0.2, 0.25) is 0 Å². The summed E-state index contributed by atoms with van der Waals surface area (Å²) in [6.45, 7) is 2.02. The molecule has 1 aliphatic rings. The first-order valence-electron chi connectivity index (χ1n) is 7.79. The average Bonchev–Trinajstić information content (AvgIpc) is 2.97. The molecule has 0 atom stereocenters. The highest BCUT2D eigenvalue weighted by Gasteiger charge is 2.19. The van der Waals surface area contributed by atoms with Crippen LogP contribution in [0.25, 0.3) is 0 Å². The van der Waals surface area contributed by atoms with Gasteiger partial charge in [-0.2, -0.15) is 0 Å². The first-order valence-corrected chi connectivity index (χ1v) is 9.46. The van der Waals surface area contributed by atoms with Gasteiger partial charge in [0.25, 0.3) is 5.91 Å². The van der Waals surface area contributed by atoms with Crippen molar-refractivity contribution in [2.45, 2.75) is 44.9 Å². The Morgan fingerprint density at radius 1 is 1.18 bits per heavy atom. The van der Waals surface area contributed by atoms with Crippen LogP contribution in [0.5, 0.6) is 0 Å². The molecular weight excluding hydrogens is 358 g/mol. The van der Waals surface area contributed by atoms with E-state index < -0.39 is 0 Å². The van der Waals surface area contributed by atoms with Gasteiger partial charge >= 0.3 is 0 Å². The third kappa shape index (κ3) is 3.79. The predicted molar refractivity (Wildman–Crippen MR) is 97.0 cm³/mol. The Labute approximate surface area is 144 Å². The summed E-state index contributed by atoms with van der Waals surface area (Å²) in [6, 6.07) is 8.03. The third-order valence-corrected chi connectivity index (χ3v) is 5.74. The van der Waals surface area contributed by atoms with Gasteiger partial charge in [0.1, 0.15) is 0 Å². The van der Waals surface area contributed by atoms with Crippen molar-refractivity contribution in [2.24, 2.45) is 0 Å². The van der Waals surface area contributed by atoms with Gasteiger partial charge in [-0.1, -0.05) is 35.2 Å². The van der Waals surface area contributed by atoms with E-state index in [2.05, 4.69) is 27.3 Å². The topological polar surface area (TPSA) is 29.1 Å². The van der Waals surface area contributed by atoms with Crippen LogP contribution in [-0.4, -0.2) is 5.91 Å². The molecule has 2 nitrogen and oxygen atoms in total. The molecule has 1 aliphatic carbocycles. The normalized spacial score (nSPS) is 15.7. The Balaban J connectivity index is 1.71. The number of hydrogen-bond donors (Lipinski definition) is 1. The molecule has 0 unspecified atom stereocenters. The lowest BCUT2D eigenvalue weighted by Crippen LogP contribution is -2.11. The molecule has 2 aromatic rings. The Kier molecular flexibility index (Phi) is 4.99. The molecule has 1 saturated carbocycles. The van der Waals surface area contributed by atoms with Crippen LogP contribution in [0.1, 0.15) is 58.8 Å². The molecule has 1 aromatic heterocycles. The minimum atomic E-state index is -0.0178. The molecule has 1 amide bonds. The van der Waals surface area contributed by atoms with E-state index in [-0.39, 0.29) is 5.91 Å². The van der Waals surface area contributed by atoms with E-state index in [4.69, 9.17) is 0 Å². The van der Waals surface area contributed by atoms with Crippen LogP contribution in [0, 0.1) is 6.92 Å². The molecule has 0 saturated heterocycles. The van der Waals surface area contributed by atoms with E-state index in [1.54, 1.807) is 11.3 Å². The van der Waals surface area contributed by atoms with Crippen molar-refractivity contribution in [1.29, 1.82) is 0 Å². The van der Waals surface area contributed by atoms with E-state index in [0.29, 0.717) is 5.92 Å². The molecular formula is C18H20BrNOS. The van der Waals surface area contributed by atoms with E-state index in [1.165, 1.54) is 37.0 Å². The highest BCUT2D eigenvalue weighted by Crippen LogP contribution is 2.36. The van der Waals surface area contributed by atoms with Gasteiger partial charge in [0.15, 0.2) is 0 Å². The number of thiophene rings is 1. The maximum Gasteiger partial charge on any atom is 0.256 e. The summed E-state index contributed by atoms with van der Waals surface area (Å²) in [5.41, 5.74) is 2.74. The number of anilines is 1. The standard InChI is InChI=1S/C18H20BrNOS/c1-12-7-15(19)10-16(8-12)20-18(21)14-9-17(22-11-14)13-5-3-2-4-6-13/h7-11,13H,2-6H2,1H3,(H,20,21). The lowest BCUT2D eigenvalue weighted by atomic mass is 9.88. The molecule has 22 heavy (non-hydrogen) atoms. The van der Waals surface area contributed by atoms with E-state index in [1.807, 2.05) is 30.5 Å². The van der Waals surface area contributed by atoms with Crippen molar-refractivity contribution in [3.63, 3.8) is 0 Å². The fourth-order valence-corrected chi connectivity index (χ4v) is 4.75.